The van der Waals surface area contributed by atoms with Crippen LogP contribution in [0, 0.1) is 17.1 Å². The Morgan fingerprint density at radius 1 is 1.14 bits per heavy atom. The Kier molecular flexibility index (Phi) is 3.87. The van der Waals surface area contributed by atoms with Crippen LogP contribution in [0.5, 0.6) is 0 Å². The topological polar surface area (TPSA) is 61.1 Å². The number of alkyl halides is 3. The summed E-state index contributed by atoms with van der Waals surface area (Å²) in [5.41, 5.74) is -2.31. The molecule has 0 radical (unpaired) electrons. The van der Waals surface area contributed by atoms with Crippen LogP contribution in [0.25, 0.3) is 11.1 Å². The highest BCUT2D eigenvalue weighted by Crippen LogP contribution is 2.34. The standard InChI is InChI=1S/C15H7F4NO2/c16-13-2-1-8(7-20)3-12(13)9-4-10(14(21)22)6-11(5-9)15(17,18)19/h1-6H,(H,21,22). The molecule has 0 saturated heterocycles. The second-order valence-corrected chi connectivity index (χ2v) is 4.41. The highest BCUT2D eigenvalue weighted by Gasteiger charge is 2.32. The van der Waals surface area contributed by atoms with E-state index in [9.17, 15) is 22.4 Å². The van der Waals surface area contributed by atoms with Gasteiger partial charge in [-0.1, -0.05) is 0 Å². The van der Waals surface area contributed by atoms with Gasteiger partial charge in [0.2, 0.25) is 0 Å². The number of nitrogens with zero attached hydrogens (tertiary/aromatic N) is 1. The van der Waals surface area contributed by atoms with E-state index in [4.69, 9.17) is 10.4 Å². The average Bonchev–Trinajstić information content (AvgIpc) is 2.46. The van der Waals surface area contributed by atoms with Crippen LogP contribution in [0.1, 0.15) is 21.5 Å². The van der Waals surface area contributed by atoms with Crippen molar-refractivity contribution in [3.63, 3.8) is 0 Å². The van der Waals surface area contributed by atoms with E-state index < -0.39 is 29.1 Å². The molecule has 112 valence electrons. The number of hydrogen-bond acceptors (Lipinski definition) is 2. The zero-order chi connectivity index (χ0) is 16.5. The fraction of sp³-hybridized carbons (Fsp3) is 0.0667. The van der Waals surface area contributed by atoms with Gasteiger partial charge >= 0.3 is 12.1 Å². The molecule has 2 rings (SSSR count). The Morgan fingerprint density at radius 2 is 1.82 bits per heavy atom. The Morgan fingerprint density at radius 3 is 2.36 bits per heavy atom. The number of hydrogen-bond donors (Lipinski definition) is 1. The number of nitriles is 1. The summed E-state index contributed by atoms with van der Waals surface area (Å²) in [7, 11) is 0. The van der Waals surface area contributed by atoms with Crippen molar-refractivity contribution in [2.24, 2.45) is 0 Å². The predicted molar refractivity (Wildman–Crippen MR) is 68.5 cm³/mol. The third-order valence-corrected chi connectivity index (χ3v) is 2.91. The van der Waals surface area contributed by atoms with Gasteiger partial charge in [-0.05, 0) is 42.0 Å². The summed E-state index contributed by atoms with van der Waals surface area (Å²) in [5, 5.41) is 17.7. The van der Waals surface area contributed by atoms with Crippen molar-refractivity contribution in [2.75, 3.05) is 0 Å². The predicted octanol–water partition coefficient (Wildman–Crippen LogP) is 4.08. The number of carboxylic acids is 1. The van der Waals surface area contributed by atoms with Gasteiger partial charge in [0.1, 0.15) is 5.82 Å². The Hall–Kier alpha value is -2.88. The fourth-order valence-electron chi connectivity index (χ4n) is 1.89. The van der Waals surface area contributed by atoms with E-state index in [0.29, 0.717) is 12.1 Å². The highest BCUT2D eigenvalue weighted by atomic mass is 19.4. The summed E-state index contributed by atoms with van der Waals surface area (Å²) in [6.45, 7) is 0. The maximum absolute atomic E-state index is 13.8. The summed E-state index contributed by atoms with van der Waals surface area (Å²) >= 11 is 0. The second kappa shape index (κ2) is 5.48. The molecule has 0 aliphatic heterocycles. The van der Waals surface area contributed by atoms with Gasteiger partial charge in [-0.3, -0.25) is 0 Å². The molecule has 0 saturated carbocycles. The van der Waals surface area contributed by atoms with Gasteiger partial charge in [-0.25, -0.2) is 9.18 Å². The lowest BCUT2D eigenvalue weighted by Crippen LogP contribution is -2.08. The number of rotatable bonds is 2. The first kappa shape index (κ1) is 15.5. The van der Waals surface area contributed by atoms with Gasteiger partial charge in [0, 0.05) is 5.56 Å². The molecule has 0 aliphatic carbocycles. The average molecular weight is 309 g/mol. The largest absolute Gasteiger partial charge is 0.478 e. The third kappa shape index (κ3) is 3.06. The van der Waals surface area contributed by atoms with E-state index in [0.717, 1.165) is 18.2 Å². The van der Waals surface area contributed by atoms with Crippen molar-refractivity contribution < 1.29 is 27.5 Å². The van der Waals surface area contributed by atoms with Crippen molar-refractivity contribution in [3.8, 4) is 17.2 Å². The van der Waals surface area contributed by atoms with Crippen LogP contribution in [0.2, 0.25) is 0 Å². The van der Waals surface area contributed by atoms with Crippen LogP contribution >= 0.6 is 0 Å². The lowest BCUT2D eigenvalue weighted by molar-refractivity contribution is -0.137. The molecule has 0 atom stereocenters. The van der Waals surface area contributed by atoms with E-state index in [1.54, 1.807) is 6.07 Å². The molecule has 0 bridgehead atoms. The molecule has 0 heterocycles. The molecule has 3 nitrogen and oxygen atoms in total. The highest BCUT2D eigenvalue weighted by molar-refractivity contribution is 5.90. The van der Waals surface area contributed by atoms with E-state index in [2.05, 4.69) is 0 Å². The Labute approximate surface area is 122 Å². The smallest absolute Gasteiger partial charge is 0.416 e. The zero-order valence-electron chi connectivity index (χ0n) is 10.8. The van der Waals surface area contributed by atoms with E-state index >= 15 is 0 Å². The van der Waals surface area contributed by atoms with Crippen LogP contribution in [0.3, 0.4) is 0 Å². The maximum Gasteiger partial charge on any atom is 0.416 e. The number of aromatic carboxylic acids is 1. The second-order valence-electron chi connectivity index (χ2n) is 4.41. The van der Waals surface area contributed by atoms with E-state index in [1.165, 1.54) is 6.07 Å². The lowest BCUT2D eigenvalue weighted by atomic mass is 9.97. The van der Waals surface area contributed by atoms with Crippen molar-refractivity contribution in [1.82, 2.24) is 0 Å². The van der Waals surface area contributed by atoms with Crippen LogP contribution in [0.15, 0.2) is 36.4 Å². The quantitative estimate of drug-likeness (QED) is 0.850. The van der Waals surface area contributed by atoms with Gasteiger partial charge < -0.3 is 5.11 Å². The van der Waals surface area contributed by atoms with E-state index in [1.807, 2.05) is 0 Å². The zero-order valence-corrected chi connectivity index (χ0v) is 10.8. The maximum atomic E-state index is 13.8. The summed E-state index contributed by atoms with van der Waals surface area (Å²) in [6.07, 6.45) is -4.77. The summed E-state index contributed by atoms with van der Waals surface area (Å²) in [5.74, 6) is -2.42. The van der Waals surface area contributed by atoms with Gasteiger partial charge in [-0.15, -0.1) is 0 Å². The minimum atomic E-state index is -4.77. The molecule has 0 unspecified atom stereocenters. The Balaban J connectivity index is 2.73. The molecule has 22 heavy (non-hydrogen) atoms. The first-order valence-electron chi connectivity index (χ1n) is 5.88. The molecule has 0 aliphatic rings. The number of halogens is 4. The normalized spacial score (nSPS) is 11.0. The van der Waals surface area contributed by atoms with Crippen LogP contribution in [0.4, 0.5) is 17.6 Å². The van der Waals surface area contributed by atoms with Crippen molar-refractivity contribution in [1.29, 1.82) is 5.26 Å². The fourth-order valence-corrected chi connectivity index (χ4v) is 1.89. The minimum absolute atomic E-state index is 0.0469. The van der Waals surface area contributed by atoms with E-state index in [-0.39, 0.29) is 16.7 Å². The molecule has 0 spiro atoms. The molecule has 1 N–H and O–H groups in total. The van der Waals surface area contributed by atoms with Crippen LogP contribution in [-0.2, 0) is 6.18 Å². The molecule has 2 aromatic rings. The molecule has 0 amide bonds. The van der Waals surface area contributed by atoms with Crippen LogP contribution in [-0.4, -0.2) is 11.1 Å². The first-order chi connectivity index (χ1) is 10.2. The SMILES string of the molecule is N#Cc1ccc(F)c(-c2cc(C(=O)O)cc(C(F)(F)F)c2)c1. The lowest BCUT2D eigenvalue weighted by Gasteiger charge is -2.11. The summed E-state index contributed by atoms with van der Waals surface area (Å²) < 4.78 is 52.3. The molecule has 0 fully saturated rings. The van der Waals surface area contributed by atoms with Crippen molar-refractivity contribution >= 4 is 5.97 Å². The van der Waals surface area contributed by atoms with Gasteiger partial charge in [0.05, 0.1) is 22.8 Å². The van der Waals surface area contributed by atoms with Crippen molar-refractivity contribution in [2.45, 2.75) is 6.18 Å². The number of carbonyl (C=O) groups is 1. The molecule has 7 heteroatoms. The number of carboxylic acid groups (broad SMARTS) is 1. The Bertz CT molecular complexity index is 791. The van der Waals surface area contributed by atoms with Gasteiger partial charge in [0.15, 0.2) is 0 Å². The molecular weight excluding hydrogens is 302 g/mol. The van der Waals surface area contributed by atoms with Crippen LogP contribution < -0.4 is 0 Å². The molecule has 0 aromatic heterocycles. The summed E-state index contributed by atoms with van der Waals surface area (Å²) in [6, 6.07) is 6.96. The summed E-state index contributed by atoms with van der Waals surface area (Å²) in [4.78, 5) is 11.0. The van der Waals surface area contributed by atoms with Gasteiger partial charge in [0.25, 0.3) is 0 Å². The first-order valence-corrected chi connectivity index (χ1v) is 5.88. The number of benzene rings is 2. The third-order valence-electron chi connectivity index (χ3n) is 2.91. The molecule has 2 aromatic carbocycles. The van der Waals surface area contributed by atoms with Crippen molar-refractivity contribution in [3.05, 3.63) is 58.9 Å². The van der Waals surface area contributed by atoms with Gasteiger partial charge in [-0.2, -0.15) is 18.4 Å². The minimum Gasteiger partial charge on any atom is -0.478 e. The monoisotopic (exact) mass is 309 g/mol. The molecular formula is C15H7F4NO2.